The molecule has 4 N–H and O–H groups in total. The van der Waals surface area contributed by atoms with Crippen LogP contribution in [0.2, 0.25) is 0 Å². The Morgan fingerprint density at radius 2 is 1.85 bits per heavy atom. The zero-order chi connectivity index (χ0) is 26.5. The van der Waals surface area contributed by atoms with Crippen molar-refractivity contribution in [2.45, 2.75) is 25.0 Å². The first-order valence-electron chi connectivity index (χ1n) is 9.26. The van der Waals surface area contributed by atoms with E-state index < -0.39 is 12.3 Å². The zero-order valence-corrected chi connectivity index (χ0v) is 19.2. The van der Waals surface area contributed by atoms with E-state index in [1.807, 2.05) is 12.1 Å². The Hall–Kier alpha value is -4.16. The number of aliphatic hydroxyl groups excluding tert-OH is 1. The van der Waals surface area contributed by atoms with Crippen LogP contribution in [-0.4, -0.2) is 84.7 Å². The predicted molar refractivity (Wildman–Crippen MR) is 116 cm³/mol. The molecule has 2 aromatic heterocycles. The van der Waals surface area contributed by atoms with Crippen LogP contribution in [-0.2, 0) is 28.5 Å². The summed E-state index contributed by atoms with van der Waals surface area (Å²) < 4.78 is 24.5. The van der Waals surface area contributed by atoms with Gasteiger partial charge in [-0.05, 0) is 25.0 Å². The number of nitrogens with two attached hydrogens (primary N) is 1. The van der Waals surface area contributed by atoms with Crippen molar-refractivity contribution in [2.75, 3.05) is 40.8 Å². The van der Waals surface area contributed by atoms with Gasteiger partial charge in [0.2, 0.25) is 0 Å². The maximum Gasteiger partial charge on any atom is 0.508 e. The molecule has 34 heavy (non-hydrogen) atoms. The third-order valence-corrected chi connectivity index (χ3v) is 3.77. The highest BCUT2D eigenvalue weighted by atomic mass is 16.7. The normalized spacial score (nSPS) is 15.1. The first-order valence-corrected chi connectivity index (χ1v) is 9.26. The van der Waals surface area contributed by atoms with E-state index in [9.17, 15) is 4.79 Å². The number of anilines is 1. The summed E-state index contributed by atoms with van der Waals surface area (Å²) in [5.41, 5.74) is 7.48. The van der Waals surface area contributed by atoms with Gasteiger partial charge in [0.25, 0.3) is 6.47 Å². The number of carbonyl (C=O) groups is 3. The number of carboxylic acid groups (broad SMARTS) is 1. The smallest absolute Gasteiger partial charge is 0.471 e. The lowest BCUT2D eigenvalue weighted by Gasteiger charge is -2.13. The van der Waals surface area contributed by atoms with Gasteiger partial charge < -0.3 is 39.6 Å². The van der Waals surface area contributed by atoms with E-state index in [0.717, 1.165) is 38.3 Å². The summed E-state index contributed by atoms with van der Waals surface area (Å²) in [6.45, 7) is 4.06. The van der Waals surface area contributed by atoms with Crippen LogP contribution in [0.25, 0.3) is 5.52 Å². The minimum absolute atomic E-state index is 0.104. The fourth-order valence-corrected chi connectivity index (χ4v) is 2.48. The minimum atomic E-state index is -1.25. The number of rotatable bonds is 4. The van der Waals surface area contributed by atoms with Crippen LogP contribution in [0, 0.1) is 11.8 Å². The number of fused-ring (bicyclic) bond motifs is 1. The van der Waals surface area contributed by atoms with Gasteiger partial charge in [0.05, 0.1) is 33.1 Å². The molecular formula is C19H29N5O10. The summed E-state index contributed by atoms with van der Waals surface area (Å²) in [6.07, 6.45) is 0.854. The number of methoxy groups -OCH3 is 3. The predicted octanol–water partition coefficient (Wildman–Crippen LogP) is 1.16. The molecule has 15 nitrogen and oxygen atoms in total. The number of aliphatic hydroxyl groups is 1. The molecule has 1 aliphatic rings. The molecule has 1 aliphatic heterocycles. The summed E-state index contributed by atoms with van der Waals surface area (Å²) in [6, 6.07) is 3.79. The van der Waals surface area contributed by atoms with Gasteiger partial charge in [-0.2, -0.15) is 5.10 Å². The van der Waals surface area contributed by atoms with Crippen molar-refractivity contribution in [3.8, 4) is 6.57 Å². The molecule has 2 unspecified atom stereocenters. The number of carbonyl (C=O) groups excluding carboxylic acids is 2. The molecule has 3 rings (SSSR count). The van der Waals surface area contributed by atoms with Gasteiger partial charge in [-0.1, -0.05) is 0 Å². The number of nitriles is 1. The Labute approximate surface area is 195 Å². The second-order valence-electron chi connectivity index (χ2n) is 5.59. The van der Waals surface area contributed by atoms with E-state index in [2.05, 4.69) is 30.9 Å². The highest BCUT2D eigenvalue weighted by Crippen LogP contribution is 2.33. The number of nitrogens with zero attached hydrogens (tertiary/aromatic N) is 4. The molecule has 1 saturated heterocycles. The average molecular weight is 487 g/mol. The number of hydrogen-bond acceptors (Lipinski definition) is 13. The van der Waals surface area contributed by atoms with Crippen molar-refractivity contribution in [3.05, 3.63) is 24.2 Å². The van der Waals surface area contributed by atoms with Crippen LogP contribution in [0.4, 0.5) is 15.4 Å². The molecule has 0 aromatic carbocycles. The maximum absolute atomic E-state index is 11.0. The SMILES string of the molecule is C#N.CO.COC(=O)O.COC(=O)OCC1CCC(c2ccc3c(N)ncnn23)O1.COC=O. The van der Waals surface area contributed by atoms with Crippen LogP contribution in [0.15, 0.2) is 18.5 Å². The molecule has 0 aliphatic carbocycles. The fraction of sp³-hybridized carbons (Fsp3) is 0.474. The second kappa shape index (κ2) is 19.5. The number of hydrogen-bond donors (Lipinski definition) is 3. The van der Waals surface area contributed by atoms with E-state index >= 15 is 0 Å². The molecule has 0 saturated carbocycles. The van der Waals surface area contributed by atoms with Crippen molar-refractivity contribution in [3.63, 3.8) is 0 Å². The van der Waals surface area contributed by atoms with Crippen LogP contribution in [0.5, 0.6) is 0 Å². The average Bonchev–Trinajstić information content (AvgIpc) is 3.53. The van der Waals surface area contributed by atoms with Crippen molar-refractivity contribution in [1.29, 1.82) is 5.26 Å². The summed E-state index contributed by atoms with van der Waals surface area (Å²) >= 11 is 0. The van der Waals surface area contributed by atoms with Crippen molar-refractivity contribution < 1.29 is 48.3 Å². The summed E-state index contributed by atoms with van der Waals surface area (Å²) in [7, 11) is 4.69. The fourth-order valence-electron chi connectivity index (χ4n) is 2.48. The molecule has 0 amide bonds. The van der Waals surface area contributed by atoms with Gasteiger partial charge in [0.1, 0.15) is 24.6 Å². The molecule has 190 valence electrons. The van der Waals surface area contributed by atoms with Gasteiger partial charge in [0, 0.05) is 13.7 Å². The van der Waals surface area contributed by atoms with Crippen LogP contribution >= 0.6 is 0 Å². The Balaban J connectivity index is 0. The molecule has 2 aromatic rings. The molecule has 0 bridgehead atoms. The monoisotopic (exact) mass is 487 g/mol. The van der Waals surface area contributed by atoms with E-state index in [1.165, 1.54) is 20.5 Å². The first kappa shape index (κ1) is 32.0. The molecule has 2 atom stereocenters. The lowest BCUT2D eigenvalue weighted by Crippen LogP contribution is -2.18. The maximum atomic E-state index is 11.0. The molecule has 3 heterocycles. The Morgan fingerprint density at radius 3 is 2.35 bits per heavy atom. The molecule has 15 heteroatoms. The highest BCUT2D eigenvalue weighted by molar-refractivity contribution is 5.65. The van der Waals surface area contributed by atoms with Gasteiger partial charge in [-0.25, -0.2) is 24.4 Å². The Bertz CT molecular complexity index is 874. The lowest BCUT2D eigenvalue weighted by molar-refractivity contribution is -0.126. The molecule has 1 fully saturated rings. The van der Waals surface area contributed by atoms with Crippen LogP contribution in [0.1, 0.15) is 24.6 Å². The van der Waals surface area contributed by atoms with Crippen molar-refractivity contribution >= 4 is 30.1 Å². The van der Waals surface area contributed by atoms with Gasteiger partial charge in [0.15, 0.2) is 5.82 Å². The third-order valence-electron chi connectivity index (χ3n) is 3.77. The number of ether oxygens (including phenoxy) is 5. The standard InChI is InChI=1S/C13H16N4O4.C2H4O3.C2H4O2.CHN.CH4O/c1-19-13(18)20-6-8-2-5-11(21-8)9-3-4-10-12(14)15-7-16-17(9)10;1-5-2(3)4;1-4-2-3;2*1-2/h3-4,7-8,11H,2,5-6H2,1H3,(H2,14,15,16);1H3,(H,3,4);2H,1H3;1H;2H,1H3. The molecular weight excluding hydrogens is 458 g/mol. The van der Waals surface area contributed by atoms with Crippen molar-refractivity contribution in [1.82, 2.24) is 14.6 Å². The van der Waals surface area contributed by atoms with Gasteiger partial charge in [-0.3, -0.25) is 4.79 Å². The van der Waals surface area contributed by atoms with E-state index in [0.29, 0.717) is 12.3 Å². The second-order valence-corrected chi connectivity index (χ2v) is 5.59. The van der Waals surface area contributed by atoms with Crippen LogP contribution in [0.3, 0.4) is 0 Å². The molecule has 0 spiro atoms. The minimum Gasteiger partial charge on any atom is -0.471 e. The van der Waals surface area contributed by atoms with Crippen molar-refractivity contribution in [2.24, 2.45) is 0 Å². The lowest BCUT2D eigenvalue weighted by atomic mass is 10.1. The summed E-state index contributed by atoms with van der Waals surface area (Å²) in [5, 5.41) is 25.2. The summed E-state index contributed by atoms with van der Waals surface area (Å²) in [5.74, 6) is 0.430. The number of nitrogen functional groups attached to an aromatic ring is 1. The Kier molecular flexibility index (Phi) is 18.4. The summed E-state index contributed by atoms with van der Waals surface area (Å²) in [4.78, 5) is 33.0. The van der Waals surface area contributed by atoms with Crippen LogP contribution < -0.4 is 5.73 Å². The number of aromatic nitrogens is 3. The quantitative estimate of drug-likeness (QED) is 0.313. The van der Waals surface area contributed by atoms with Gasteiger partial charge >= 0.3 is 12.3 Å². The van der Waals surface area contributed by atoms with E-state index in [-0.39, 0.29) is 18.8 Å². The first-order chi connectivity index (χ1) is 16.4. The molecule has 0 radical (unpaired) electrons. The topological polar surface area (TPSA) is 218 Å². The zero-order valence-electron chi connectivity index (χ0n) is 19.2. The van der Waals surface area contributed by atoms with E-state index in [4.69, 9.17) is 40.3 Å². The Morgan fingerprint density at radius 1 is 1.26 bits per heavy atom. The van der Waals surface area contributed by atoms with Gasteiger partial charge in [-0.15, -0.1) is 0 Å². The third kappa shape index (κ3) is 11.5. The largest absolute Gasteiger partial charge is 0.508 e. The highest BCUT2D eigenvalue weighted by Gasteiger charge is 2.29. The van der Waals surface area contributed by atoms with E-state index in [1.54, 1.807) is 4.52 Å².